The second-order valence-corrected chi connectivity index (χ2v) is 10.2. The summed E-state index contributed by atoms with van der Waals surface area (Å²) in [5.74, 6) is 1.79. The summed E-state index contributed by atoms with van der Waals surface area (Å²) in [5, 5.41) is 15.5. The Kier molecular flexibility index (Phi) is 6.49. The Hall–Kier alpha value is 0.150. The van der Waals surface area contributed by atoms with Gasteiger partial charge < -0.3 is 9.84 Å². The van der Waals surface area contributed by atoms with Gasteiger partial charge in [0.2, 0.25) is 0 Å². The highest BCUT2D eigenvalue weighted by Crippen LogP contribution is 2.35. The van der Waals surface area contributed by atoms with Gasteiger partial charge >= 0.3 is 0 Å². The molecule has 6 heteroatoms. The second kappa shape index (κ2) is 8.66. The number of β-amino-alcohol motifs (C(OH)–C–C–N with tert-alkyl or cyclic N) is 1. The molecule has 3 saturated heterocycles. The van der Waals surface area contributed by atoms with Crippen molar-refractivity contribution in [3.8, 4) is 0 Å². The van der Waals surface area contributed by atoms with E-state index in [0.29, 0.717) is 30.3 Å². The normalized spacial score (nSPS) is 43.5. The van der Waals surface area contributed by atoms with Crippen LogP contribution in [0.4, 0.5) is 0 Å². The number of thioether (sulfide) groups is 1. The number of likely N-dealkylation sites (tertiary alicyclic amines) is 1. The molecule has 5 nitrogen and oxygen atoms in total. The average Bonchev–Trinajstić information content (AvgIpc) is 3.30. The highest BCUT2D eigenvalue weighted by molar-refractivity contribution is 8.00. The lowest BCUT2D eigenvalue weighted by Gasteiger charge is -2.39. The first-order valence-electron chi connectivity index (χ1n) is 10.7. The number of piperidine rings is 1. The van der Waals surface area contributed by atoms with Crippen molar-refractivity contribution in [2.45, 2.75) is 80.7 Å². The molecule has 0 bridgehead atoms. The number of aliphatic hydroxyl groups excluding tert-OH is 1. The Morgan fingerprint density at radius 3 is 2.69 bits per heavy atom. The molecule has 3 heterocycles. The maximum Gasteiger partial charge on any atom is 0.0723 e. The predicted octanol–water partition coefficient (Wildman–Crippen LogP) is 1.75. The van der Waals surface area contributed by atoms with Crippen LogP contribution < -0.4 is 5.32 Å². The number of nitrogens with zero attached hydrogens (tertiary/aromatic N) is 2. The van der Waals surface area contributed by atoms with Crippen molar-refractivity contribution in [1.29, 1.82) is 0 Å². The van der Waals surface area contributed by atoms with Crippen molar-refractivity contribution in [2.24, 2.45) is 5.92 Å². The zero-order valence-electron chi connectivity index (χ0n) is 16.5. The lowest BCUT2D eigenvalue weighted by molar-refractivity contribution is 0.0000304. The van der Waals surface area contributed by atoms with Gasteiger partial charge in [0.1, 0.15) is 0 Å². The Morgan fingerprint density at radius 2 is 2.00 bits per heavy atom. The summed E-state index contributed by atoms with van der Waals surface area (Å²) in [4.78, 5) is 5.13. The molecule has 5 atom stereocenters. The quantitative estimate of drug-likeness (QED) is 0.754. The first kappa shape index (κ1) is 19.5. The Morgan fingerprint density at radius 1 is 1.19 bits per heavy atom. The number of hydrogen-bond acceptors (Lipinski definition) is 6. The van der Waals surface area contributed by atoms with E-state index in [2.05, 4.69) is 33.9 Å². The Labute approximate surface area is 163 Å². The molecule has 0 aromatic carbocycles. The first-order valence-corrected chi connectivity index (χ1v) is 11.7. The summed E-state index contributed by atoms with van der Waals surface area (Å²) in [6.45, 7) is 3.06. The molecule has 150 valence electrons. The minimum atomic E-state index is -0.176. The van der Waals surface area contributed by atoms with Crippen LogP contribution in [0, 0.1) is 5.92 Å². The van der Waals surface area contributed by atoms with Crippen molar-refractivity contribution < 1.29 is 9.84 Å². The van der Waals surface area contributed by atoms with Crippen molar-refractivity contribution >= 4 is 11.8 Å². The summed E-state index contributed by atoms with van der Waals surface area (Å²) in [5.41, 5.74) is 0. The third-order valence-electron chi connectivity index (χ3n) is 7.37. The molecule has 3 aliphatic heterocycles. The standard InChI is InChI=1S/C20H37N3O2S/c1-22-17-9-10-23(12-16(17)21-20(22)19-4-3-11-26-19)13-18(24)14-5-7-15(25-2)8-6-14/h14-21,24H,3-13H2,1-2H3/t14?,15?,16?,17?,18-,19?,20?/m1/s1. The SMILES string of the molecule is COC1CCC([C@H](O)CN2CCC3C(C2)NC(C2CCCS2)N3C)CC1. The fourth-order valence-corrected chi connectivity index (χ4v) is 7.13. The van der Waals surface area contributed by atoms with Gasteiger partial charge in [0.15, 0.2) is 0 Å². The smallest absolute Gasteiger partial charge is 0.0723 e. The van der Waals surface area contributed by atoms with E-state index in [0.717, 1.165) is 50.6 Å². The van der Waals surface area contributed by atoms with Crippen molar-refractivity contribution in [3.63, 3.8) is 0 Å². The topological polar surface area (TPSA) is 48.0 Å². The van der Waals surface area contributed by atoms with Crippen molar-refractivity contribution in [3.05, 3.63) is 0 Å². The number of ether oxygens (including phenoxy) is 1. The largest absolute Gasteiger partial charge is 0.392 e. The van der Waals surface area contributed by atoms with Crippen LogP contribution in [0.2, 0.25) is 0 Å². The summed E-state index contributed by atoms with van der Waals surface area (Å²) in [6.07, 6.45) is 9.19. The summed E-state index contributed by atoms with van der Waals surface area (Å²) in [6, 6.07) is 1.24. The highest BCUT2D eigenvalue weighted by Gasteiger charge is 2.45. The van der Waals surface area contributed by atoms with E-state index in [1.54, 1.807) is 0 Å². The average molecular weight is 384 g/mol. The van der Waals surface area contributed by atoms with Crippen LogP contribution in [-0.2, 0) is 4.74 Å². The molecule has 1 aliphatic carbocycles. The van der Waals surface area contributed by atoms with Crippen LogP contribution in [0.25, 0.3) is 0 Å². The number of rotatable bonds is 5. The van der Waals surface area contributed by atoms with Gasteiger partial charge in [0.25, 0.3) is 0 Å². The zero-order valence-corrected chi connectivity index (χ0v) is 17.3. The third-order valence-corrected chi connectivity index (χ3v) is 8.81. The van der Waals surface area contributed by atoms with Crippen LogP contribution in [0.1, 0.15) is 44.9 Å². The number of hydrogen-bond donors (Lipinski definition) is 2. The second-order valence-electron chi connectivity index (χ2n) is 8.89. The van der Waals surface area contributed by atoms with E-state index >= 15 is 0 Å². The molecule has 1 saturated carbocycles. The molecule has 4 unspecified atom stereocenters. The van der Waals surface area contributed by atoms with Gasteiger partial charge in [-0.25, -0.2) is 0 Å². The number of likely N-dealkylation sites (N-methyl/N-ethyl adjacent to an activating group) is 1. The van der Waals surface area contributed by atoms with Crippen LogP contribution >= 0.6 is 11.8 Å². The lowest BCUT2D eigenvalue weighted by atomic mass is 9.83. The van der Waals surface area contributed by atoms with Gasteiger partial charge in [-0.3, -0.25) is 15.1 Å². The van der Waals surface area contributed by atoms with Gasteiger partial charge in [-0.2, -0.15) is 11.8 Å². The van der Waals surface area contributed by atoms with Gasteiger partial charge in [-0.15, -0.1) is 0 Å². The van der Waals surface area contributed by atoms with E-state index in [9.17, 15) is 5.11 Å². The molecule has 4 aliphatic rings. The molecule has 0 aromatic rings. The van der Waals surface area contributed by atoms with Crippen LogP contribution in [0.3, 0.4) is 0 Å². The third kappa shape index (κ3) is 4.11. The number of fused-ring (bicyclic) bond motifs is 1. The summed E-state index contributed by atoms with van der Waals surface area (Å²) >= 11 is 2.15. The molecule has 4 fully saturated rings. The maximum atomic E-state index is 10.8. The number of aliphatic hydroxyl groups is 1. The van der Waals surface area contributed by atoms with Crippen molar-refractivity contribution in [2.75, 3.05) is 39.5 Å². The van der Waals surface area contributed by atoms with Gasteiger partial charge in [0, 0.05) is 37.5 Å². The molecule has 0 amide bonds. The highest BCUT2D eigenvalue weighted by atomic mass is 32.2. The molecule has 26 heavy (non-hydrogen) atoms. The molecule has 2 N–H and O–H groups in total. The molecular weight excluding hydrogens is 346 g/mol. The minimum absolute atomic E-state index is 0.176. The molecule has 4 rings (SSSR count). The van der Waals surface area contributed by atoms with Crippen molar-refractivity contribution in [1.82, 2.24) is 15.1 Å². The molecule has 0 aromatic heterocycles. The van der Waals surface area contributed by atoms with E-state index in [1.165, 1.54) is 25.0 Å². The van der Waals surface area contributed by atoms with E-state index in [4.69, 9.17) is 4.74 Å². The summed E-state index contributed by atoms with van der Waals surface area (Å²) < 4.78 is 5.47. The van der Waals surface area contributed by atoms with Gasteiger partial charge in [0.05, 0.1) is 18.4 Å². The Balaban J connectivity index is 1.27. The molecule has 0 radical (unpaired) electrons. The van der Waals surface area contributed by atoms with E-state index in [-0.39, 0.29) is 6.10 Å². The van der Waals surface area contributed by atoms with Crippen LogP contribution in [0.15, 0.2) is 0 Å². The zero-order chi connectivity index (χ0) is 18.1. The van der Waals surface area contributed by atoms with E-state index in [1.807, 2.05) is 7.11 Å². The molecule has 0 spiro atoms. The van der Waals surface area contributed by atoms with Gasteiger partial charge in [-0.1, -0.05) is 0 Å². The number of nitrogens with one attached hydrogen (secondary N) is 1. The minimum Gasteiger partial charge on any atom is -0.392 e. The van der Waals surface area contributed by atoms with Crippen LogP contribution in [-0.4, -0.2) is 90.2 Å². The van der Waals surface area contributed by atoms with Gasteiger partial charge in [-0.05, 0) is 70.2 Å². The van der Waals surface area contributed by atoms with Crippen LogP contribution in [0.5, 0.6) is 0 Å². The Bertz CT molecular complexity index is 454. The number of methoxy groups -OCH3 is 1. The summed E-state index contributed by atoms with van der Waals surface area (Å²) in [7, 11) is 4.13. The fourth-order valence-electron chi connectivity index (χ4n) is 5.71. The fraction of sp³-hybridized carbons (Fsp3) is 1.00. The maximum absolute atomic E-state index is 10.8. The monoisotopic (exact) mass is 383 g/mol. The predicted molar refractivity (Wildman–Crippen MR) is 108 cm³/mol. The lowest BCUT2D eigenvalue weighted by Crippen LogP contribution is -2.53. The van der Waals surface area contributed by atoms with E-state index < -0.39 is 0 Å². The molecular formula is C20H37N3O2S. The first-order chi connectivity index (χ1) is 12.7.